The maximum absolute atomic E-state index is 12.6. The predicted molar refractivity (Wildman–Crippen MR) is 62.6 cm³/mol. The minimum atomic E-state index is -4.07. The van der Waals surface area contributed by atoms with Crippen molar-refractivity contribution in [1.29, 1.82) is 0 Å². The van der Waals surface area contributed by atoms with Crippen molar-refractivity contribution in [2.75, 3.05) is 0 Å². The summed E-state index contributed by atoms with van der Waals surface area (Å²) in [5.74, 6) is -0.294. The van der Waals surface area contributed by atoms with Gasteiger partial charge in [-0.2, -0.15) is 13.2 Å². The van der Waals surface area contributed by atoms with Crippen LogP contribution in [-0.2, 0) is 6.54 Å². The molecule has 18 heavy (non-hydrogen) atoms. The number of nitrogens with one attached hydrogen (secondary N) is 1. The molecular formula is C13H17F4N. The standard InChI is InChI=1S/C13H17F4N/c1-10(3-2-8-13(15,16)17)18-9-11-4-6-12(14)7-5-11/h4-7,10,18H,2-3,8-9H2,1H3. The second-order valence-corrected chi connectivity index (χ2v) is 4.42. The van der Waals surface area contributed by atoms with E-state index in [4.69, 9.17) is 0 Å². The Morgan fingerprint density at radius 3 is 2.33 bits per heavy atom. The predicted octanol–water partition coefficient (Wildman–Crippen LogP) is 4.04. The van der Waals surface area contributed by atoms with Crippen molar-refractivity contribution in [1.82, 2.24) is 5.32 Å². The molecule has 0 saturated heterocycles. The van der Waals surface area contributed by atoms with Crippen LogP contribution in [0.4, 0.5) is 17.6 Å². The molecule has 5 heteroatoms. The molecule has 1 unspecified atom stereocenters. The van der Waals surface area contributed by atoms with Crippen LogP contribution >= 0.6 is 0 Å². The molecule has 0 aliphatic carbocycles. The Kier molecular flexibility index (Phi) is 5.59. The van der Waals surface area contributed by atoms with Gasteiger partial charge in [-0.1, -0.05) is 12.1 Å². The third-order valence-corrected chi connectivity index (χ3v) is 2.67. The molecule has 0 aromatic heterocycles. The molecule has 1 aromatic rings. The fraction of sp³-hybridized carbons (Fsp3) is 0.538. The van der Waals surface area contributed by atoms with Crippen molar-refractivity contribution in [2.24, 2.45) is 0 Å². The zero-order chi connectivity index (χ0) is 13.6. The van der Waals surface area contributed by atoms with Crippen LogP contribution < -0.4 is 5.32 Å². The van der Waals surface area contributed by atoms with Crippen LogP contribution in [0.15, 0.2) is 24.3 Å². The van der Waals surface area contributed by atoms with E-state index in [1.165, 1.54) is 12.1 Å². The fourth-order valence-electron chi connectivity index (χ4n) is 1.61. The second kappa shape index (κ2) is 6.73. The van der Waals surface area contributed by atoms with Crippen molar-refractivity contribution in [2.45, 2.75) is 44.9 Å². The van der Waals surface area contributed by atoms with Gasteiger partial charge in [-0.3, -0.25) is 0 Å². The van der Waals surface area contributed by atoms with Crippen molar-refractivity contribution >= 4 is 0 Å². The second-order valence-electron chi connectivity index (χ2n) is 4.42. The lowest BCUT2D eigenvalue weighted by molar-refractivity contribution is -0.135. The number of halogens is 4. The van der Waals surface area contributed by atoms with Gasteiger partial charge in [0.15, 0.2) is 0 Å². The van der Waals surface area contributed by atoms with Gasteiger partial charge in [0.1, 0.15) is 5.82 Å². The topological polar surface area (TPSA) is 12.0 Å². The molecular weight excluding hydrogens is 246 g/mol. The summed E-state index contributed by atoms with van der Waals surface area (Å²) in [6, 6.07) is 6.06. The Morgan fingerprint density at radius 1 is 1.17 bits per heavy atom. The van der Waals surface area contributed by atoms with Crippen LogP contribution in [0.1, 0.15) is 31.7 Å². The normalized spacial score (nSPS) is 13.6. The van der Waals surface area contributed by atoms with Crippen LogP contribution in [0.5, 0.6) is 0 Å². The summed E-state index contributed by atoms with van der Waals surface area (Å²) in [6.45, 7) is 2.38. The lowest BCUT2D eigenvalue weighted by Crippen LogP contribution is -2.25. The highest BCUT2D eigenvalue weighted by molar-refractivity contribution is 5.15. The van der Waals surface area contributed by atoms with E-state index >= 15 is 0 Å². The van der Waals surface area contributed by atoms with Gasteiger partial charge >= 0.3 is 6.18 Å². The summed E-state index contributed by atoms with van der Waals surface area (Å²) in [6.07, 6.45) is -4.21. The van der Waals surface area contributed by atoms with Gasteiger partial charge in [-0.05, 0) is 37.5 Å². The lowest BCUT2D eigenvalue weighted by atomic mass is 10.1. The number of benzene rings is 1. The quantitative estimate of drug-likeness (QED) is 0.764. The number of rotatable bonds is 6. The van der Waals surface area contributed by atoms with Crippen LogP contribution in [0, 0.1) is 5.82 Å². The van der Waals surface area contributed by atoms with Gasteiger partial charge in [0.05, 0.1) is 0 Å². The maximum atomic E-state index is 12.6. The monoisotopic (exact) mass is 263 g/mol. The van der Waals surface area contributed by atoms with Crippen molar-refractivity contribution in [3.8, 4) is 0 Å². The first-order valence-corrected chi connectivity index (χ1v) is 5.91. The van der Waals surface area contributed by atoms with E-state index in [0.717, 1.165) is 5.56 Å². The van der Waals surface area contributed by atoms with E-state index < -0.39 is 12.6 Å². The number of alkyl halides is 3. The molecule has 0 radical (unpaired) electrons. The zero-order valence-corrected chi connectivity index (χ0v) is 10.2. The van der Waals surface area contributed by atoms with Crippen LogP contribution in [-0.4, -0.2) is 12.2 Å². The Morgan fingerprint density at radius 2 is 1.78 bits per heavy atom. The van der Waals surface area contributed by atoms with Crippen molar-refractivity contribution in [3.63, 3.8) is 0 Å². The Labute approximate surface area is 104 Å². The highest BCUT2D eigenvalue weighted by atomic mass is 19.4. The molecule has 1 nitrogen and oxygen atoms in total. The molecule has 1 N–H and O–H groups in total. The van der Waals surface area contributed by atoms with E-state index in [2.05, 4.69) is 5.32 Å². The van der Waals surface area contributed by atoms with Crippen LogP contribution in [0.25, 0.3) is 0 Å². The molecule has 0 spiro atoms. The molecule has 1 aromatic carbocycles. The first kappa shape index (κ1) is 15.0. The van der Waals surface area contributed by atoms with Crippen LogP contribution in [0.3, 0.4) is 0 Å². The molecule has 0 aliphatic heterocycles. The molecule has 0 fully saturated rings. The molecule has 1 atom stereocenters. The average Bonchev–Trinajstić information content (AvgIpc) is 2.26. The Hall–Kier alpha value is -1.10. The first-order valence-electron chi connectivity index (χ1n) is 5.91. The smallest absolute Gasteiger partial charge is 0.310 e. The highest BCUT2D eigenvalue weighted by Gasteiger charge is 2.26. The Bertz CT molecular complexity index is 345. The maximum Gasteiger partial charge on any atom is 0.389 e. The van der Waals surface area contributed by atoms with E-state index in [0.29, 0.717) is 13.0 Å². The molecule has 102 valence electrons. The summed E-state index contributed by atoms with van der Waals surface area (Å²) in [5, 5.41) is 3.11. The molecule has 0 aliphatic rings. The summed E-state index contributed by atoms with van der Waals surface area (Å²) < 4.78 is 48.5. The van der Waals surface area contributed by atoms with Gasteiger partial charge in [0, 0.05) is 19.0 Å². The lowest BCUT2D eigenvalue weighted by Gasteiger charge is -2.14. The van der Waals surface area contributed by atoms with Gasteiger partial charge < -0.3 is 5.32 Å². The summed E-state index contributed by atoms with van der Waals surface area (Å²) in [7, 11) is 0. The SMILES string of the molecule is CC(CCCC(F)(F)F)NCc1ccc(F)cc1. The zero-order valence-electron chi connectivity index (χ0n) is 10.2. The molecule has 0 bridgehead atoms. The van der Waals surface area contributed by atoms with Gasteiger partial charge in [-0.15, -0.1) is 0 Å². The minimum absolute atomic E-state index is 0.0115. The van der Waals surface area contributed by atoms with Crippen LogP contribution in [0.2, 0.25) is 0 Å². The van der Waals surface area contributed by atoms with Gasteiger partial charge in [-0.25, -0.2) is 4.39 Å². The Balaban J connectivity index is 2.21. The summed E-state index contributed by atoms with van der Waals surface area (Å²) in [4.78, 5) is 0. The largest absolute Gasteiger partial charge is 0.389 e. The van der Waals surface area contributed by atoms with Crippen molar-refractivity contribution < 1.29 is 17.6 Å². The minimum Gasteiger partial charge on any atom is -0.310 e. The van der Waals surface area contributed by atoms with E-state index in [1.54, 1.807) is 12.1 Å². The summed E-state index contributed by atoms with van der Waals surface area (Å²) in [5.41, 5.74) is 0.916. The third-order valence-electron chi connectivity index (χ3n) is 2.67. The van der Waals surface area contributed by atoms with E-state index in [-0.39, 0.29) is 18.3 Å². The van der Waals surface area contributed by atoms with Gasteiger partial charge in [0.2, 0.25) is 0 Å². The van der Waals surface area contributed by atoms with Crippen molar-refractivity contribution in [3.05, 3.63) is 35.6 Å². The average molecular weight is 263 g/mol. The molecule has 0 amide bonds. The number of hydrogen-bond donors (Lipinski definition) is 1. The van der Waals surface area contributed by atoms with E-state index in [9.17, 15) is 17.6 Å². The number of hydrogen-bond acceptors (Lipinski definition) is 1. The fourth-order valence-corrected chi connectivity index (χ4v) is 1.61. The molecule has 0 saturated carbocycles. The van der Waals surface area contributed by atoms with E-state index in [1.807, 2.05) is 6.92 Å². The highest BCUT2D eigenvalue weighted by Crippen LogP contribution is 2.22. The molecule has 1 rings (SSSR count). The first-order chi connectivity index (χ1) is 8.37. The molecule has 0 heterocycles. The van der Waals surface area contributed by atoms with Gasteiger partial charge in [0.25, 0.3) is 0 Å². The third kappa shape index (κ3) is 6.59. The summed E-state index contributed by atoms with van der Waals surface area (Å²) >= 11 is 0.